The zero-order valence-corrected chi connectivity index (χ0v) is 14.5. The fourth-order valence-corrected chi connectivity index (χ4v) is 3.44. The molecule has 1 aliphatic rings. The first kappa shape index (κ1) is 15.3. The predicted octanol–water partition coefficient (Wildman–Crippen LogP) is 4.63. The zero-order valence-electron chi connectivity index (χ0n) is 12.1. The molecule has 3 rings (SSSR count). The van der Waals surface area contributed by atoms with Crippen molar-refractivity contribution in [2.75, 3.05) is 12.3 Å². The minimum atomic E-state index is 0.00448. The van der Waals surface area contributed by atoms with E-state index in [-0.39, 0.29) is 5.91 Å². The normalized spacial score (nSPS) is 16.3. The molecule has 1 fully saturated rings. The number of amides is 1. The third-order valence-electron chi connectivity index (χ3n) is 3.44. The van der Waals surface area contributed by atoms with Crippen molar-refractivity contribution in [1.29, 1.82) is 0 Å². The van der Waals surface area contributed by atoms with Crippen molar-refractivity contribution in [2.24, 2.45) is 4.99 Å². The smallest absolute Gasteiger partial charge is 0.259 e. The minimum Gasteiger partial charge on any atom is -0.286 e. The highest BCUT2D eigenvalue weighted by Crippen LogP contribution is 2.26. The van der Waals surface area contributed by atoms with Gasteiger partial charge in [0, 0.05) is 22.3 Å². The van der Waals surface area contributed by atoms with E-state index in [1.165, 1.54) is 0 Å². The van der Waals surface area contributed by atoms with Gasteiger partial charge in [-0.25, -0.2) is 4.99 Å². The number of aliphatic imine (C=N–C) groups is 1. The van der Waals surface area contributed by atoms with E-state index in [2.05, 4.69) is 20.9 Å². The number of rotatable bonds is 2. The fraction of sp³-hybridized carbons (Fsp3) is 0.176. The first-order valence-corrected chi connectivity index (χ1v) is 8.77. The molecule has 0 aliphatic carbocycles. The molecule has 22 heavy (non-hydrogen) atoms. The van der Waals surface area contributed by atoms with Crippen LogP contribution in [0.5, 0.6) is 0 Å². The molecule has 0 aromatic heterocycles. The molecule has 0 N–H and O–H groups in total. The number of hydrogen-bond donors (Lipinski definition) is 0. The van der Waals surface area contributed by atoms with Crippen molar-refractivity contribution < 1.29 is 4.79 Å². The Balaban J connectivity index is 1.88. The zero-order chi connectivity index (χ0) is 15.5. The molecular weight excluding hydrogens is 360 g/mol. The number of carbonyl (C=O) groups excluding carboxylic acids is 1. The monoisotopic (exact) mass is 374 g/mol. The maximum atomic E-state index is 12.7. The molecule has 1 amide bonds. The average molecular weight is 375 g/mol. The van der Waals surface area contributed by atoms with E-state index in [1.807, 2.05) is 55.5 Å². The molecular formula is C17H15BrN2OS. The molecule has 2 aromatic rings. The van der Waals surface area contributed by atoms with E-state index < -0.39 is 0 Å². The van der Waals surface area contributed by atoms with Gasteiger partial charge in [0.15, 0.2) is 5.17 Å². The van der Waals surface area contributed by atoms with Gasteiger partial charge in [-0.2, -0.15) is 0 Å². The van der Waals surface area contributed by atoms with Crippen molar-refractivity contribution >= 4 is 44.5 Å². The van der Waals surface area contributed by atoms with E-state index in [9.17, 15) is 4.79 Å². The van der Waals surface area contributed by atoms with E-state index in [0.717, 1.165) is 26.6 Å². The van der Waals surface area contributed by atoms with Crippen LogP contribution in [-0.2, 0) is 0 Å². The summed E-state index contributed by atoms with van der Waals surface area (Å²) in [7, 11) is 0. The summed E-state index contributed by atoms with van der Waals surface area (Å²) in [4.78, 5) is 19.1. The molecule has 3 nitrogen and oxygen atoms in total. The minimum absolute atomic E-state index is 0.00448. The van der Waals surface area contributed by atoms with Crippen LogP contribution in [0.1, 0.15) is 15.9 Å². The SMILES string of the molecule is Cc1ccccc1N=C1SCCN1C(=O)c1ccc(Br)cc1. The lowest BCUT2D eigenvalue weighted by Gasteiger charge is -2.16. The molecule has 0 atom stereocenters. The van der Waals surface area contributed by atoms with Gasteiger partial charge >= 0.3 is 0 Å². The van der Waals surface area contributed by atoms with E-state index in [0.29, 0.717) is 12.1 Å². The highest BCUT2D eigenvalue weighted by atomic mass is 79.9. The Bertz CT molecular complexity index is 728. The topological polar surface area (TPSA) is 32.7 Å². The summed E-state index contributed by atoms with van der Waals surface area (Å²) in [6.45, 7) is 2.73. The third-order valence-corrected chi connectivity index (χ3v) is 4.93. The molecule has 5 heteroatoms. The molecule has 0 radical (unpaired) electrons. The van der Waals surface area contributed by atoms with Crippen LogP contribution in [0.15, 0.2) is 58.0 Å². The number of benzene rings is 2. The molecule has 2 aromatic carbocycles. The number of carbonyl (C=O) groups is 1. The molecule has 0 unspecified atom stereocenters. The number of hydrogen-bond acceptors (Lipinski definition) is 3. The number of thioether (sulfide) groups is 1. The Morgan fingerprint density at radius 3 is 2.64 bits per heavy atom. The second-order valence-corrected chi connectivity index (χ2v) is 6.97. The highest BCUT2D eigenvalue weighted by molar-refractivity contribution is 9.10. The summed E-state index contributed by atoms with van der Waals surface area (Å²) in [5, 5.41) is 0.780. The van der Waals surface area contributed by atoms with E-state index >= 15 is 0 Å². The van der Waals surface area contributed by atoms with Crippen LogP contribution in [0.4, 0.5) is 5.69 Å². The van der Waals surface area contributed by atoms with Crippen LogP contribution < -0.4 is 0 Å². The lowest BCUT2D eigenvalue weighted by Crippen LogP contribution is -2.31. The largest absolute Gasteiger partial charge is 0.286 e. The summed E-state index contributed by atoms with van der Waals surface area (Å²) in [5.41, 5.74) is 2.71. The van der Waals surface area contributed by atoms with Crippen LogP contribution in [0.3, 0.4) is 0 Å². The average Bonchev–Trinajstić information content (AvgIpc) is 2.98. The lowest BCUT2D eigenvalue weighted by molar-refractivity contribution is 0.0859. The summed E-state index contributed by atoms with van der Waals surface area (Å²) in [6, 6.07) is 15.4. The molecule has 1 saturated heterocycles. The first-order chi connectivity index (χ1) is 10.6. The maximum absolute atomic E-state index is 12.7. The molecule has 1 heterocycles. The van der Waals surface area contributed by atoms with Crippen molar-refractivity contribution in [3.05, 3.63) is 64.1 Å². The van der Waals surface area contributed by atoms with Crippen molar-refractivity contribution in [1.82, 2.24) is 4.90 Å². The van der Waals surface area contributed by atoms with Gasteiger partial charge in [-0.05, 0) is 42.8 Å². The summed E-state index contributed by atoms with van der Waals surface area (Å²) < 4.78 is 0.966. The fourth-order valence-electron chi connectivity index (χ4n) is 2.22. The van der Waals surface area contributed by atoms with Gasteiger partial charge in [-0.15, -0.1) is 0 Å². The maximum Gasteiger partial charge on any atom is 0.259 e. The number of para-hydroxylation sites is 1. The van der Waals surface area contributed by atoms with E-state index in [1.54, 1.807) is 16.7 Å². The van der Waals surface area contributed by atoms with Gasteiger partial charge in [-0.1, -0.05) is 45.9 Å². The Kier molecular flexibility index (Phi) is 4.64. The molecule has 1 aliphatic heterocycles. The van der Waals surface area contributed by atoms with Gasteiger partial charge in [-0.3, -0.25) is 9.69 Å². The number of nitrogens with zero attached hydrogens (tertiary/aromatic N) is 2. The second-order valence-electron chi connectivity index (χ2n) is 4.99. The van der Waals surface area contributed by atoms with Gasteiger partial charge in [0.25, 0.3) is 5.91 Å². The van der Waals surface area contributed by atoms with Crippen LogP contribution >= 0.6 is 27.7 Å². The predicted molar refractivity (Wildman–Crippen MR) is 95.9 cm³/mol. The molecule has 0 spiro atoms. The molecule has 0 saturated carbocycles. The standard InChI is InChI=1S/C17H15BrN2OS/c1-12-4-2-3-5-15(12)19-17-20(10-11-22-17)16(21)13-6-8-14(18)9-7-13/h2-9H,10-11H2,1H3. The van der Waals surface area contributed by atoms with Gasteiger partial charge in [0.05, 0.1) is 5.69 Å². The highest BCUT2D eigenvalue weighted by Gasteiger charge is 2.26. The summed E-state index contributed by atoms with van der Waals surface area (Å²) in [5.74, 6) is 0.886. The number of amidine groups is 1. The quantitative estimate of drug-likeness (QED) is 0.767. The van der Waals surface area contributed by atoms with Crippen LogP contribution in [0.25, 0.3) is 0 Å². The Hall–Kier alpha value is -1.59. The molecule has 112 valence electrons. The van der Waals surface area contributed by atoms with Crippen molar-refractivity contribution in [3.63, 3.8) is 0 Å². The van der Waals surface area contributed by atoms with Crippen molar-refractivity contribution in [3.8, 4) is 0 Å². The van der Waals surface area contributed by atoms with Crippen LogP contribution in [0, 0.1) is 6.92 Å². The van der Waals surface area contributed by atoms with Gasteiger partial charge in [0.2, 0.25) is 0 Å². The number of aryl methyl sites for hydroxylation is 1. The van der Waals surface area contributed by atoms with E-state index in [4.69, 9.17) is 0 Å². The van der Waals surface area contributed by atoms with Gasteiger partial charge in [0.1, 0.15) is 0 Å². The Morgan fingerprint density at radius 1 is 1.18 bits per heavy atom. The molecule has 0 bridgehead atoms. The van der Waals surface area contributed by atoms with Crippen LogP contribution in [-0.4, -0.2) is 28.3 Å². The van der Waals surface area contributed by atoms with Crippen LogP contribution in [0.2, 0.25) is 0 Å². The Labute approximate surface area is 142 Å². The van der Waals surface area contributed by atoms with Gasteiger partial charge < -0.3 is 0 Å². The second kappa shape index (κ2) is 6.67. The number of halogens is 1. The summed E-state index contributed by atoms with van der Waals surface area (Å²) >= 11 is 5.02. The Morgan fingerprint density at radius 2 is 1.91 bits per heavy atom. The van der Waals surface area contributed by atoms with Crippen molar-refractivity contribution in [2.45, 2.75) is 6.92 Å². The lowest BCUT2D eigenvalue weighted by atomic mass is 10.2. The third kappa shape index (κ3) is 3.25. The first-order valence-electron chi connectivity index (χ1n) is 7.00. The summed E-state index contributed by atoms with van der Waals surface area (Å²) in [6.07, 6.45) is 0.